The van der Waals surface area contributed by atoms with Crippen LogP contribution in [0.15, 0.2) is 35.4 Å². The van der Waals surface area contributed by atoms with Crippen LogP contribution in [0, 0.1) is 23.0 Å². The van der Waals surface area contributed by atoms with Crippen LogP contribution < -0.4 is 15.6 Å². The van der Waals surface area contributed by atoms with E-state index < -0.39 is 63.1 Å². The predicted octanol–water partition coefficient (Wildman–Crippen LogP) is 3.58. The number of amides is 2. The maximum atomic E-state index is 15.1. The first kappa shape index (κ1) is 27.4. The van der Waals surface area contributed by atoms with Gasteiger partial charge >= 0.3 is 0 Å². The molecule has 2 aliphatic carbocycles. The zero-order valence-electron chi connectivity index (χ0n) is 23.0. The summed E-state index contributed by atoms with van der Waals surface area (Å²) in [7, 11) is 0. The van der Waals surface area contributed by atoms with Gasteiger partial charge < -0.3 is 10.4 Å². The molecular weight excluding hydrogens is 539 g/mol. The van der Waals surface area contributed by atoms with Crippen molar-refractivity contribution in [2.24, 2.45) is 11.3 Å². The molecule has 3 aromatic heterocycles. The molecule has 0 aromatic carbocycles. The van der Waals surface area contributed by atoms with E-state index >= 15 is 4.39 Å². The molecule has 2 atom stereocenters. The Balaban J connectivity index is 1.53. The SMILES string of the molecule is CC1(C)C(=O)N(c2ccc3c(=O)c(C(=O)N[C@@H](C4CC4)C(C)(C)F)cn(-c4ncc(F)cc4F)c3n2)C2(CC2)C1O. The molecule has 0 radical (unpaired) electrons. The van der Waals surface area contributed by atoms with Crippen molar-refractivity contribution in [2.45, 2.75) is 76.7 Å². The minimum absolute atomic E-state index is 0.0746. The molecule has 3 aromatic rings. The summed E-state index contributed by atoms with van der Waals surface area (Å²) in [6.07, 6.45) is 3.45. The Morgan fingerprint density at radius 2 is 1.88 bits per heavy atom. The van der Waals surface area contributed by atoms with Crippen LogP contribution in [0.4, 0.5) is 19.0 Å². The van der Waals surface area contributed by atoms with Crippen molar-refractivity contribution in [2.75, 3.05) is 4.90 Å². The Morgan fingerprint density at radius 3 is 2.46 bits per heavy atom. The van der Waals surface area contributed by atoms with Crippen molar-refractivity contribution >= 4 is 28.7 Å². The van der Waals surface area contributed by atoms with Gasteiger partial charge in [-0.05, 0) is 71.4 Å². The van der Waals surface area contributed by atoms with Gasteiger partial charge in [0.05, 0.1) is 34.7 Å². The molecule has 4 heterocycles. The van der Waals surface area contributed by atoms with E-state index in [9.17, 15) is 28.3 Å². The van der Waals surface area contributed by atoms with Crippen LogP contribution in [-0.4, -0.2) is 54.8 Å². The molecule has 1 spiro atoms. The molecule has 0 bridgehead atoms. The zero-order chi connectivity index (χ0) is 29.6. The minimum atomic E-state index is -1.76. The van der Waals surface area contributed by atoms with E-state index in [1.807, 2.05) is 0 Å². The van der Waals surface area contributed by atoms with Gasteiger partial charge in [0.15, 0.2) is 17.3 Å². The third-order valence-electron chi connectivity index (χ3n) is 8.60. The highest BCUT2D eigenvalue weighted by Gasteiger charge is 2.69. The maximum Gasteiger partial charge on any atom is 0.257 e. The summed E-state index contributed by atoms with van der Waals surface area (Å²) in [5.74, 6) is -3.60. The molecule has 1 aliphatic heterocycles. The highest BCUT2D eigenvalue weighted by molar-refractivity contribution is 6.03. The predicted molar refractivity (Wildman–Crippen MR) is 143 cm³/mol. The number of nitrogens with one attached hydrogen (secondary N) is 1. The molecule has 3 aliphatic rings. The van der Waals surface area contributed by atoms with Crippen molar-refractivity contribution in [3.8, 4) is 5.82 Å². The Hall–Kier alpha value is -3.80. The van der Waals surface area contributed by atoms with Gasteiger partial charge in [0, 0.05) is 12.3 Å². The number of anilines is 1. The Labute approximate surface area is 233 Å². The van der Waals surface area contributed by atoms with Crippen molar-refractivity contribution < 1.29 is 27.9 Å². The monoisotopic (exact) mass is 569 g/mol. The van der Waals surface area contributed by atoms with Gasteiger partial charge in [-0.3, -0.25) is 23.9 Å². The summed E-state index contributed by atoms with van der Waals surface area (Å²) in [6, 6.07) is 2.57. The first-order valence-electron chi connectivity index (χ1n) is 13.6. The lowest BCUT2D eigenvalue weighted by atomic mass is 9.86. The molecule has 6 rings (SSSR count). The number of hydrogen-bond donors (Lipinski definition) is 2. The Kier molecular flexibility index (Phi) is 5.91. The second-order valence-electron chi connectivity index (χ2n) is 12.5. The van der Waals surface area contributed by atoms with Crippen LogP contribution in [0.25, 0.3) is 16.9 Å². The van der Waals surface area contributed by atoms with Gasteiger partial charge in [-0.25, -0.2) is 23.1 Å². The number of carbonyl (C=O) groups is 2. The number of rotatable bonds is 6. The molecule has 2 N–H and O–H groups in total. The molecule has 41 heavy (non-hydrogen) atoms. The summed E-state index contributed by atoms with van der Waals surface area (Å²) in [6.45, 7) is 5.99. The first-order chi connectivity index (χ1) is 19.2. The fraction of sp³-hybridized carbons (Fsp3) is 0.483. The molecule has 216 valence electrons. The Morgan fingerprint density at radius 1 is 1.20 bits per heavy atom. The summed E-state index contributed by atoms with van der Waals surface area (Å²) in [5.41, 5.74) is -4.96. The largest absolute Gasteiger partial charge is 0.390 e. The number of aliphatic hydroxyl groups excluding tert-OH is 1. The lowest BCUT2D eigenvalue weighted by molar-refractivity contribution is -0.126. The summed E-state index contributed by atoms with van der Waals surface area (Å²) < 4.78 is 44.8. The molecule has 1 saturated heterocycles. The zero-order valence-corrected chi connectivity index (χ0v) is 23.0. The number of alkyl halides is 1. The molecular formula is C29H30F3N5O4. The average molecular weight is 570 g/mol. The van der Waals surface area contributed by atoms with Crippen molar-refractivity contribution in [3.63, 3.8) is 0 Å². The molecule has 1 unspecified atom stereocenters. The minimum Gasteiger partial charge on any atom is -0.390 e. The normalized spacial score (nSPS) is 21.9. The number of hydrogen-bond acceptors (Lipinski definition) is 6. The second-order valence-corrected chi connectivity index (χ2v) is 12.5. The van der Waals surface area contributed by atoms with E-state index in [1.165, 1.54) is 30.9 Å². The van der Waals surface area contributed by atoms with Gasteiger partial charge in [-0.2, -0.15) is 0 Å². The lowest BCUT2D eigenvalue weighted by Crippen LogP contribution is -2.49. The van der Waals surface area contributed by atoms with Gasteiger partial charge in [0.2, 0.25) is 11.3 Å². The number of pyridine rings is 3. The third kappa shape index (κ3) is 4.22. The fourth-order valence-electron chi connectivity index (χ4n) is 6.08. The van der Waals surface area contributed by atoms with E-state index in [4.69, 9.17) is 0 Å². The van der Waals surface area contributed by atoms with Crippen LogP contribution in [0.1, 0.15) is 63.7 Å². The van der Waals surface area contributed by atoms with Crippen LogP contribution in [-0.2, 0) is 4.79 Å². The average Bonchev–Trinajstić information content (AvgIpc) is 3.82. The molecule has 9 nitrogen and oxygen atoms in total. The number of halogens is 3. The fourth-order valence-corrected chi connectivity index (χ4v) is 6.08. The summed E-state index contributed by atoms with van der Waals surface area (Å²) >= 11 is 0. The summed E-state index contributed by atoms with van der Waals surface area (Å²) in [5, 5.41) is 13.5. The maximum absolute atomic E-state index is 15.1. The topological polar surface area (TPSA) is 117 Å². The number of carbonyl (C=O) groups excluding carboxylic acids is 2. The molecule has 3 fully saturated rings. The van der Waals surface area contributed by atoms with Crippen LogP contribution in [0.2, 0.25) is 0 Å². The van der Waals surface area contributed by atoms with Crippen LogP contribution in [0.3, 0.4) is 0 Å². The van der Waals surface area contributed by atoms with Gasteiger partial charge in [-0.1, -0.05) is 0 Å². The van der Waals surface area contributed by atoms with Gasteiger partial charge in [-0.15, -0.1) is 0 Å². The van der Waals surface area contributed by atoms with Gasteiger partial charge in [0.25, 0.3) is 5.91 Å². The molecule has 12 heteroatoms. The molecule has 2 saturated carbocycles. The van der Waals surface area contributed by atoms with Gasteiger partial charge in [0.1, 0.15) is 22.9 Å². The third-order valence-corrected chi connectivity index (χ3v) is 8.60. The summed E-state index contributed by atoms with van der Waals surface area (Å²) in [4.78, 5) is 50.2. The highest BCUT2D eigenvalue weighted by atomic mass is 19.1. The first-order valence-corrected chi connectivity index (χ1v) is 13.6. The van der Waals surface area contributed by atoms with E-state index in [1.54, 1.807) is 13.8 Å². The Bertz CT molecular complexity index is 1670. The standard InChI is InChI=1S/C29H30F3N5O4/c1-27(2)25(40)29(9-10-29)37(26(27)41)19-8-7-16-20(38)17(24(39)35-21(14-5-6-14)28(3,4)32)13-36(22(16)34-19)23-18(31)11-15(30)12-33-23/h7-8,11-14,21,25,40H,5-6,9-10H2,1-4H3,(H,35,39)/t21-,25?/m0/s1. The lowest BCUT2D eigenvalue weighted by Gasteiger charge is -2.28. The van der Waals surface area contributed by atoms with Crippen molar-refractivity contribution in [3.05, 3.63) is 58.0 Å². The molecule has 2 amide bonds. The second kappa shape index (κ2) is 8.85. The number of fused-ring (bicyclic) bond motifs is 1. The van der Waals surface area contributed by atoms with E-state index in [0.717, 1.165) is 29.8 Å². The highest BCUT2D eigenvalue weighted by Crippen LogP contribution is 2.57. The van der Waals surface area contributed by atoms with Crippen molar-refractivity contribution in [1.29, 1.82) is 0 Å². The number of aliphatic hydroxyl groups is 1. The van der Waals surface area contributed by atoms with E-state index in [-0.39, 0.29) is 28.7 Å². The van der Waals surface area contributed by atoms with Crippen LogP contribution >= 0.6 is 0 Å². The number of nitrogens with zero attached hydrogens (tertiary/aromatic N) is 4. The van der Waals surface area contributed by atoms with E-state index in [0.29, 0.717) is 18.9 Å². The van der Waals surface area contributed by atoms with Crippen LogP contribution in [0.5, 0.6) is 0 Å². The quantitative estimate of drug-likeness (QED) is 0.469. The number of aromatic nitrogens is 3. The van der Waals surface area contributed by atoms with Crippen molar-refractivity contribution in [1.82, 2.24) is 19.9 Å². The smallest absolute Gasteiger partial charge is 0.257 e. The van der Waals surface area contributed by atoms with E-state index in [2.05, 4.69) is 15.3 Å².